The molecular formula is C60H40N2. The Labute approximate surface area is 360 Å². The zero-order chi connectivity index (χ0) is 41.0. The van der Waals surface area contributed by atoms with Crippen molar-refractivity contribution in [1.82, 2.24) is 4.57 Å². The van der Waals surface area contributed by atoms with Crippen molar-refractivity contribution in [1.29, 1.82) is 0 Å². The number of nitrogens with zero attached hydrogens (tertiary/aromatic N) is 2. The van der Waals surface area contributed by atoms with E-state index in [1.165, 1.54) is 93.2 Å². The first kappa shape index (κ1) is 35.7. The van der Waals surface area contributed by atoms with E-state index in [4.69, 9.17) is 0 Å². The first-order chi connectivity index (χ1) is 30.7. The van der Waals surface area contributed by atoms with E-state index in [2.05, 4.69) is 252 Å². The molecule has 0 radical (unpaired) electrons. The third-order valence-electron chi connectivity index (χ3n) is 12.6. The zero-order valence-corrected chi connectivity index (χ0v) is 34.0. The monoisotopic (exact) mass is 788 g/mol. The highest BCUT2D eigenvalue weighted by atomic mass is 15.1. The Morgan fingerprint density at radius 2 is 0.613 bits per heavy atom. The Kier molecular flexibility index (Phi) is 8.53. The molecule has 2 nitrogen and oxygen atoms in total. The van der Waals surface area contributed by atoms with Gasteiger partial charge < -0.3 is 9.47 Å². The predicted octanol–water partition coefficient (Wildman–Crippen LogP) is 16.7. The van der Waals surface area contributed by atoms with Crippen LogP contribution >= 0.6 is 0 Å². The molecule has 0 saturated heterocycles. The average Bonchev–Trinajstić information content (AvgIpc) is 3.69. The second-order valence-corrected chi connectivity index (χ2v) is 16.1. The largest absolute Gasteiger partial charge is 0.310 e. The lowest BCUT2D eigenvalue weighted by atomic mass is 9.94. The molecule has 0 amide bonds. The topological polar surface area (TPSA) is 8.17 Å². The van der Waals surface area contributed by atoms with E-state index < -0.39 is 0 Å². The minimum atomic E-state index is 1.10. The lowest BCUT2D eigenvalue weighted by Gasteiger charge is -2.26. The number of hydrogen-bond acceptors (Lipinski definition) is 1. The van der Waals surface area contributed by atoms with Gasteiger partial charge in [-0.2, -0.15) is 0 Å². The van der Waals surface area contributed by atoms with Crippen molar-refractivity contribution in [2.75, 3.05) is 4.90 Å². The second-order valence-electron chi connectivity index (χ2n) is 16.1. The SMILES string of the molecule is c1ccc(-c2ccc(N(c3ccc(-c4ccc(-c5ccc6c(c5)c5ccccc5n6-c5ccccc5)cc4)cc3)c3ccc4c5ccccc5c5ccccc5c4c3)cc2)cc1. The molecule has 2 heteroatoms. The lowest BCUT2D eigenvalue weighted by molar-refractivity contribution is 1.18. The number of hydrogen-bond donors (Lipinski definition) is 0. The molecule has 0 aliphatic carbocycles. The number of benzene rings is 11. The van der Waals surface area contributed by atoms with E-state index in [1.54, 1.807) is 0 Å². The molecule has 0 fully saturated rings. The summed E-state index contributed by atoms with van der Waals surface area (Å²) in [4.78, 5) is 2.38. The van der Waals surface area contributed by atoms with Crippen LogP contribution in [0.2, 0.25) is 0 Å². The molecule has 0 aliphatic heterocycles. The van der Waals surface area contributed by atoms with E-state index in [1.807, 2.05) is 0 Å². The molecule has 0 bridgehead atoms. The van der Waals surface area contributed by atoms with Crippen molar-refractivity contribution in [3.8, 4) is 39.1 Å². The molecule has 12 rings (SSSR count). The van der Waals surface area contributed by atoms with E-state index in [-0.39, 0.29) is 0 Å². The molecule has 0 spiro atoms. The van der Waals surface area contributed by atoms with Gasteiger partial charge in [-0.1, -0.05) is 176 Å². The van der Waals surface area contributed by atoms with Gasteiger partial charge in [0.1, 0.15) is 0 Å². The summed E-state index contributed by atoms with van der Waals surface area (Å²) in [6.45, 7) is 0. The van der Waals surface area contributed by atoms with Gasteiger partial charge in [0.2, 0.25) is 0 Å². The van der Waals surface area contributed by atoms with E-state index >= 15 is 0 Å². The van der Waals surface area contributed by atoms with Crippen molar-refractivity contribution < 1.29 is 0 Å². The maximum Gasteiger partial charge on any atom is 0.0541 e. The molecule has 0 atom stereocenters. The minimum absolute atomic E-state index is 1.10. The summed E-state index contributed by atoms with van der Waals surface area (Å²) in [5.74, 6) is 0. The molecular weight excluding hydrogens is 749 g/mol. The van der Waals surface area contributed by atoms with Gasteiger partial charge in [-0.05, 0) is 132 Å². The van der Waals surface area contributed by atoms with E-state index in [0.717, 1.165) is 17.1 Å². The fourth-order valence-corrected chi connectivity index (χ4v) is 9.58. The maximum atomic E-state index is 2.38. The number of aromatic nitrogens is 1. The molecule has 0 N–H and O–H groups in total. The fraction of sp³-hybridized carbons (Fsp3) is 0. The Bertz CT molecular complexity index is 3550. The van der Waals surface area contributed by atoms with Crippen LogP contribution in [0.15, 0.2) is 243 Å². The Morgan fingerprint density at radius 1 is 0.226 bits per heavy atom. The fourth-order valence-electron chi connectivity index (χ4n) is 9.58. The number of rotatable bonds is 7. The van der Waals surface area contributed by atoms with Crippen LogP contribution in [0.5, 0.6) is 0 Å². The summed E-state index contributed by atoms with van der Waals surface area (Å²) in [5.41, 5.74) is 14.1. The molecule has 62 heavy (non-hydrogen) atoms. The number of anilines is 3. The third-order valence-corrected chi connectivity index (χ3v) is 12.6. The summed E-state index contributed by atoms with van der Waals surface area (Å²) < 4.78 is 2.37. The smallest absolute Gasteiger partial charge is 0.0541 e. The van der Waals surface area contributed by atoms with Crippen LogP contribution in [-0.2, 0) is 0 Å². The van der Waals surface area contributed by atoms with Gasteiger partial charge in [0, 0.05) is 33.5 Å². The standard InChI is InChI=1S/C60H40N2/c1-3-13-41(14-4-1)43-27-32-48(33-28-43)61(50-36-37-55-53-19-8-7-17-51(53)52-18-9-10-20-54(52)57(55)40-50)49-34-29-44(30-35-49)42-23-25-45(26-24-42)46-31-38-60-58(39-46)56-21-11-12-22-59(56)62(60)47-15-5-2-6-16-47/h1-40H. The number of para-hydroxylation sites is 2. The average molecular weight is 789 g/mol. The highest BCUT2D eigenvalue weighted by Gasteiger charge is 2.17. The van der Waals surface area contributed by atoms with Crippen molar-refractivity contribution >= 4 is 71.2 Å². The molecule has 1 heterocycles. The molecule has 290 valence electrons. The summed E-state index contributed by atoms with van der Waals surface area (Å²) in [6.07, 6.45) is 0. The van der Waals surface area contributed by atoms with Gasteiger partial charge in [0.25, 0.3) is 0 Å². The normalized spacial score (nSPS) is 11.5. The van der Waals surface area contributed by atoms with Crippen molar-refractivity contribution in [2.24, 2.45) is 0 Å². The van der Waals surface area contributed by atoms with E-state index in [0.29, 0.717) is 0 Å². The molecule has 0 unspecified atom stereocenters. The van der Waals surface area contributed by atoms with Crippen LogP contribution in [0.1, 0.15) is 0 Å². The number of fused-ring (bicyclic) bond motifs is 9. The summed E-state index contributed by atoms with van der Waals surface area (Å²) in [5, 5.41) is 10.1. The quantitative estimate of drug-likeness (QED) is 0.146. The van der Waals surface area contributed by atoms with Crippen molar-refractivity contribution in [2.45, 2.75) is 0 Å². The highest BCUT2D eigenvalue weighted by molar-refractivity contribution is 6.25. The predicted molar refractivity (Wildman–Crippen MR) is 264 cm³/mol. The van der Waals surface area contributed by atoms with Crippen LogP contribution in [0, 0.1) is 0 Å². The molecule has 11 aromatic carbocycles. The van der Waals surface area contributed by atoms with Crippen LogP contribution in [0.25, 0.3) is 93.2 Å². The Balaban J connectivity index is 0.913. The van der Waals surface area contributed by atoms with Gasteiger partial charge in [-0.25, -0.2) is 0 Å². The summed E-state index contributed by atoms with van der Waals surface area (Å²) >= 11 is 0. The van der Waals surface area contributed by atoms with Crippen LogP contribution < -0.4 is 4.90 Å². The Hall–Kier alpha value is -8.20. The van der Waals surface area contributed by atoms with Gasteiger partial charge in [-0.15, -0.1) is 0 Å². The molecule has 0 aliphatic rings. The van der Waals surface area contributed by atoms with Crippen LogP contribution in [-0.4, -0.2) is 4.57 Å². The van der Waals surface area contributed by atoms with Crippen LogP contribution in [0.3, 0.4) is 0 Å². The first-order valence-electron chi connectivity index (χ1n) is 21.3. The van der Waals surface area contributed by atoms with Crippen LogP contribution in [0.4, 0.5) is 17.1 Å². The highest BCUT2D eigenvalue weighted by Crippen LogP contribution is 2.42. The van der Waals surface area contributed by atoms with Gasteiger partial charge in [-0.3, -0.25) is 0 Å². The summed E-state index contributed by atoms with van der Waals surface area (Å²) in [7, 11) is 0. The van der Waals surface area contributed by atoms with Crippen molar-refractivity contribution in [3.63, 3.8) is 0 Å². The minimum Gasteiger partial charge on any atom is -0.310 e. The molecule has 12 aromatic rings. The molecule has 1 aromatic heterocycles. The summed E-state index contributed by atoms with van der Waals surface area (Å²) in [6, 6.07) is 88.3. The van der Waals surface area contributed by atoms with Gasteiger partial charge in [0.15, 0.2) is 0 Å². The Morgan fingerprint density at radius 3 is 1.19 bits per heavy atom. The first-order valence-corrected chi connectivity index (χ1v) is 21.3. The molecule has 0 saturated carbocycles. The lowest BCUT2D eigenvalue weighted by Crippen LogP contribution is -2.10. The van der Waals surface area contributed by atoms with E-state index in [9.17, 15) is 0 Å². The van der Waals surface area contributed by atoms with Crippen molar-refractivity contribution in [3.05, 3.63) is 243 Å². The zero-order valence-electron chi connectivity index (χ0n) is 34.0. The van der Waals surface area contributed by atoms with Gasteiger partial charge >= 0.3 is 0 Å². The maximum absolute atomic E-state index is 2.38. The third kappa shape index (κ3) is 6.04. The second kappa shape index (κ2) is 14.8. The van der Waals surface area contributed by atoms with Gasteiger partial charge in [0.05, 0.1) is 11.0 Å².